The van der Waals surface area contributed by atoms with Gasteiger partial charge in [0, 0.05) is 37.5 Å². The molecule has 65 heavy (non-hydrogen) atoms. The maximum Gasteiger partial charge on any atom is 0.311 e. The molecule has 0 saturated carbocycles. The summed E-state index contributed by atoms with van der Waals surface area (Å²) in [6.45, 7) is 6.74. The molecule has 3 rings (SSSR count). The quantitative estimate of drug-likeness (QED) is 0.174. The molecule has 18 nitrogen and oxygen atoms in total. The fourth-order valence-electron chi connectivity index (χ4n) is 7.97. The van der Waals surface area contributed by atoms with Gasteiger partial charge in [-0.1, -0.05) is 98.9 Å². The summed E-state index contributed by atoms with van der Waals surface area (Å²) in [5, 5.41) is 118. The zero-order chi connectivity index (χ0) is 48.4. The van der Waals surface area contributed by atoms with Gasteiger partial charge in [-0.15, -0.1) is 0 Å². The predicted molar refractivity (Wildman–Crippen MR) is 237 cm³/mol. The van der Waals surface area contributed by atoms with Gasteiger partial charge in [-0.05, 0) is 33.1 Å². The first kappa shape index (κ1) is 55.9. The predicted octanol–water partition coefficient (Wildman–Crippen LogP) is 0.712. The Morgan fingerprint density at radius 3 is 1.82 bits per heavy atom. The number of aliphatic carboxylic acids is 1. The summed E-state index contributed by atoms with van der Waals surface area (Å²) in [6.07, 6.45) is 3.46. The molecule has 368 valence electrons. The molecular weight excluding hydrogens is 851 g/mol. The molecule has 0 aromatic rings. The second kappa shape index (κ2) is 27.4. The number of carboxylic acid groups (broad SMARTS) is 1. The van der Waals surface area contributed by atoms with Gasteiger partial charge in [-0.3, -0.25) is 9.59 Å². The van der Waals surface area contributed by atoms with Gasteiger partial charge in [0.15, 0.2) is 12.1 Å². The summed E-state index contributed by atoms with van der Waals surface area (Å²) in [6, 6.07) is -1.15. The average molecular weight is 924 g/mol. The lowest BCUT2D eigenvalue weighted by molar-refractivity contribution is -0.308. The third-order valence-corrected chi connectivity index (χ3v) is 12.0. The number of ether oxygens (including phenoxy) is 4. The van der Waals surface area contributed by atoms with Crippen LogP contribution in [0.25, 0.3) is 0 Å². The largest absolute Gasteiger partial charge is 0.481 e. The number of fused-ring (bicyclic) bond motifs is 2. The van der Waals surface area contributed by atoms with Crippen LogP contribution in [0.4, 0.5) is 0 Å². The number of hydrogen-bond donors (Lipinski definition) is 12. The van der Waals surface area contributed by atoms with E-state index >= 15 is 0 Å². The van der Waals surface area contributed by atoms with Gasteiger partial charge in [0.05, 0.1) is 79.6 Å². The summed E-state index contributed by atoms with van der Waals surface area (Å²) >= 11 is 0. The van der Waals surface area contributed by atoms with Crippen molar-refractivity contribution in [2.45, 2.75) is 177 Å². The van der Waals surface area contributed by atoms with Crippen molar-refractivity contribution < 1.29 is 84.7 Å². The zero-order valence-corrected chi connectivity index (χ0v) is 37.6. The van der Waals surface area contributed by atoms with E-state index in [0.717, 1.165) is 0 Å². The first-order valence-electron chi connectivity index (χ1n) is 22.3. The summed E-state index contributed by atoms with van der Waals surface area (Å²) in [4.78, 5) is 25.1. The van der Waals surface area contributed by atoms with Gasteiger partial charge < -0.3 is 80.9 Å². The number of cyclic esters (lactones) is 1. The molecule has 0 radical (unpaired) electrons. The normalized spacial score (nSPS) is 42.0. The molecule has 0 aliphatic carbocycles. The fraction of sp³-hybridized carbons (Fsp3) is 0.660. The Morgan fingerprint density at radius 2 is 1.23 bits per heavy atom. The van der Waals surface area contributed by atoms with Crippen LogP contribution in [-0.2, 0) is 28.5 Å². The summed E-state index contributed by atoms with van der Waals surface area (Å²) < 4.78 is 23.1. The third kappa shape index (κ3) is 18.6. The Balaban J connectivity index is 1.86. The first-order chi connectivity index (χ1) is 30.6. The van der Waals surface area contributed by atoms with E-state index in [1.54, 1.807) is 80.7 Å². The molecule has 0 aromatic heterocycles. The van der Waals surface area contributed by atoms with Crippen LogP contribution in [0.15, 0.2) is 85.1 Å². The lowest BCUT2D eigenvalue weighted by Crippen LogP contribution is -2.61. The lowest BCUT2D eigenvalue weighted by atomic mass is 9.82. The molecule has 0 amide bonds. The second-order valence-corrected chi connectivity index (χ2v) is 17.6. The third-order valence-electron chi connectivity index (χ3n) is 12.0. The molecule has 2 fully saturated rings. The van der Waals surface area contributed by atoms with E-state index in [-0.39, 0.29) is 31.6 Å². The number of esters is 1. The Labute approximate surface area is 381 Å². The highest BCUT2D eigenvalue weighted by atomic mass is 16.7. The van der Waals surface area contributed by atoms with Crippen LogP contribution in [-0.4, -0.2) is 166 Å². The summed E-state index contributed by atoms with van der Waals surface area (Å²) in [7, 11) is 0. The molecule has 5 unspecified atom stereocenters. The van der Waals surface area contributed by atoms with Gasteiger partial charge >= 0.3 is 11.9 Å². The number of aliphatic hydroxyl groups is 10. The van der Waals surface area contributed by atoms with Crippen molar-refractivity contribution in [1.29, 1.82) is 0 Å². The molecule has 3 aliphatic heterocycles. The molecule has 19 atom stereocenters. The number of aliphatic hydroxyl groups excluding tert-OH is 9. The number of carbonyl (C=O) groups is 2. The van der Waals surface area contributed by atoms with E-state index in [1.165, 1.54) is 13.0 Å². The minimum Gasteiger partial charge on any atom is -0.481 e. The van der Waals surface area contributed by atoms with E-state index in [2.05, 4.69) is 0 Å². The van der Waals surface area contributed by atoms with Crippen LogP contribution in [0.2, 0.25) is 0 Å². The Bertz CT molecular complexity index is 1670. The number of hydrogen-bond acceptors (Lipinski definition) is 17. The highest BCUT2D eigenvalue weighted by molar-refractivity contribution is 5.71. The van der Waals surface area contributed by atoms with Crippen molar-refractivity contribution in [3.8, 4) is 0 Å². The van der Waals surface area contributed by atoms with Crippen molar-refractivity contribution in [3.63, 3.8) is 0 Å². The Morgan fingerprint density at radius 1 is 0.662 bits per heavy atom. The number of nitrogens with two attached hydrogens (primary N) is 1. The van der Waals surface area contributed by atoms with Crippen LogP contribution < -0.4 is 5.73 Å². The topological polar surface area (TPSA) is 320 Å². The number of carbonyl (C=O) groups excluding carboxylic acids is 1. The molecule has 13 N–H and O–H groups in total. The van der Waals surface area contributed by atoms with E-state index in [1.807, 2.05) is 19.1 Å². The van der Waals surface area contributed by atoms with Crippen LogP contribution in [0.3, 0.4) is 0 Å². The number of allylic oxidation sites excluding steroid dienone is 12. The summed E-state index contributed by atoms with van der Waals surface area (Å²) in [5.74, 6) is -6.83. The van der Waals surface area contributed by atoms with Crippen LogP contribution in [0.1, 0.15) is 79.1 Å². The van der Waals surface area contributed by atoms with Gasteiger partial charge in [0.1, 0.15) is 18.1 Å². The minimum atomic E-state index is -2.33. The monoisotopic (exact) mass is 923 g/mol. The van der Waals surface area contributed by atoms with E-state index in [4.69, 9.17) is 24.7 Å². The van der Waals surface area contributed by atoms with Crippen molar-refractivity contribution in [3.05, 3.63) is 85.1 Å². The van der Waals surface area contributed by atoms with Gasteiger partial charge in [0.2, 0.25) is 0 Å². The molecule has 18 heteroatoms. The average Bonchev–Trinajstić information content (AvgIpc) is 3.21. The first-order valence-corrected chi connectivity index (χ1v) is 22.3. The minimum absolute atomic E-state index is 0.107. The summed E-state index contributed by atoms with van der Waals surface area (Å²) in [5.41, 5.74) is 6.02. The van der Waals surface area contributed by atoms with Crippen LogP contribution in [0, 0.1) is 17.8 Å². The second-order valence-electron chi connectivity index (χ2n) is 17.6. The maximum atomic E-state index is 12.6. The standard InChI is InChI=1S/C47H73NO17/c1-27-17-15-13-11-9-7-5-6-8-10-12-14-16-18-34(64-46-44(58)41(48)43(57)30(4)63-46)24-38-40(45(59)60)37(54)26-47(61,65-38)25-33(51)22-36(53)35(52)20-19-31(49)21-32(50)23-39(55)62-29(3)28(2)42(27)56/h5-18,27-38,40-44,46,49-54,56-58,61H,19-26,48H2,1-4H3,(H,59,60)/t27-,28-,29-,30?,31+,32-,33-,34-,35+,36+,37-,38-,40+,41?,42+,43?,44?,46?,47+/m0/s1. The highest BCUT2D eigenvalue weighted by Crippen LogP contribution is 2.38. The van der Waals surface area contributed by atoms with Crippen LogP contribution in [0.5, 0.6) is 0 Å². The molecular formula is C47H73NO17. The van der Waals surface area contributed by atoms with E-state index in [9.17, 15) is 65.8 Å². The van der Waals surface area contributed by atoms with Crippen molar-refractivity contribution in [2.24, 2.45) is 23.5 Å². The maximum absolute atomic E-state index is 12.6. The fourth-order valence-corrected chi connectivity index (χ4v) is 7.97. The van der Waals surface area contributed by atoms with Gasteiger partial charge in [-0.25, -0.2) is 0 Å². The highest BCUT2D eigenvalue weighted by Gasteiger charge is 2.51. The van der Waals surface area contributed by atoms with Gasteiger partial charge in [-0.2, -0.15) is 0 Å². The van der Waals surface area contributed by atoms with Crippen LogP contribution >= 0.6 is 0 Å². The Hall–Kier alpha value is -3.44. The van der Waals surface area contributed by atoms with E-state index in [0.29, 0.717) is 0 Å². The molecule has 2 bridgehead atoms. The number of carboxylic acids is 1. The SMILES string of the molecule is CC1OC(O[C@H]2C=CC=CC=CC=CC=CC=CC=C[C@H](C)[C@@H](O)[C@@H](C)[C@H](C)OC(=O)C[C@@H](O)C[C@H](O)CC[C@@H](O)[C@H](O)C[C@H](O)C[C@]3(O)C[C@H](O)[C@@H](C(=O)O)[C@H](C2)O3)C(O)C(N)C1O. The number of rotatable bonds is 3. The van der Waals surface area contributed by atoms with Crippen molar-refractivity contribution in [1.82, 2.24) is 0 Å². The molecule has 0 spiro atoms. The van der Waals surface area contributed by atoms with Crippen molar-refractivity contribution >= 4 is 11.9 Å². The zero-order valence-electron chi connectivity index (χ0n) is 37.6. The molecule has 3 aliphatic rings. The Kier molecular flexibility index (Phi) is 23.6. The van der Waals surface area contributed by atoms with Crippen molar-refractivity contribution in [2.75, 3.05) is 0 Å². The smallest absolute Gasteiger partial charge is 0.311 e. The van der Waals surface area contributed by atoms with Gasteiger partial charge in [0.25, 0.3) is 0 Å². The molecule has 2 saturated heterocycles. The van der Waals surface area contributed by atoms with E-state index < -0.39 is 147 Å². The lowest BCUT2D eigenvalue weighted by Gasteiger charge is -2.45. The molecule has 3 heterocycles. The molecule has 0 aromatic carbocycles.